The van der Waals surface area contributed by atoms with Crippen molar-refractivity contribution in [3.05, 3.63) is 10.8 Å². The molecule has 21 heavy (non-hydrogen) atoms. The van der Waals surface area contributed by atoms with Gasteiger partial charge in [-0.05, 0) is 13.3 Å². The first-order valence-corrected chi connectivity index (χ1v) is 10.8. The van der Waals surface area contributed by atoms with Crippen LogP contribution in [0.4, 0.5) is 0 Å². The molecule has 0 aliphatic carbocycles. The van der Waals surface area contributed by atoms with Gasteiger partial charge in [0.1, 0.15) is 0 Å². The molecule has 0 N–H and O–H groups in total. The normalized spacial score (nSPS) is 12.3. The van der Waals surface area contributed by atoms with Crippen LogP contribution >= 0.6 is 11.3 Å². The molecule has 9 heteroatoms. The molecule has 1 aromatic rings. The molecule has 0 atom stereocenters. The highest BCUT2D eigenvalue weighted by molar-refractivity contribution is 7.87. The molecule has 0 fully saturated rings. The number of hydrogen-bond donors (Lipinski definition) is 0. The topological polar surface area (TPSA) is 86.7 Å². The van der Waals surface area contributed by atoms with Gasteiger partial charge in [-0.1, -0.05) is 26.2 Å². The van der Waals surface area contributed by atoms with E-state index >= 15 is 0 Å². The summed E-state index contributed by atoms with van der Waals surface area (Å²) in [5.74, 6) is -0.457. The minimum atomic E-state index is -3.74. The van der Waals surface area contributed by atoms with Crippen molar-refractivity contribution < 1.29 is 25.2 Å². The van der Waals surface area contributed by atoms with Gasteiger partial charge in [0.25, 0.3) is 0 Å². The highest BCUT2D eigenvalue weighted by Crippen LogP contribution is 2.34. The predicted octanol–water partition coefficient (Wildman–Crippen LogP) is 2.77. The summed E-state index contributed by atoms with van der Waals surface area (Å²) in [5, 5.41) is 2.80. The summed E-state index contributed by atoms with van der Waals surface area (Å²) in [6.07, 6.45) is 3.31. The van der Waals surface area contributed by atoms with Gasteiger partial charge < -0.3 is 8.37 Å². The maximum Gasteiger partial charge on any atom is 0.309 e. The third-order valence-electron chi connectivity index (χ3n) is 2.63. The fourth-order valence-electron chi connectivity index (χ4n) is 1.47. The second-order valence-electron chi connectivity index (χ2n) is 4.44. The standard InChI is InChI=1S/C12H20O6S3/c1-3-5-6-7-8-21(15,16)18-12-10-19-9-11(12)17-20(13,14)4-2/h9-10H,3-8H2,1-2H3. The average molecular weight is 356 g/mol. The average Bonchev–Trinajstić information content (AvgIpc) is 2.81. The molecule has 0 bridgehead atoms. The van der Waals surface area contributed by atoms with E-state index in [4.69, 9.17) is 8.37 Å². The summed E-state index contributed by atoms with van der Waals surface area (Å²) in [7, 11) is -7.45. The Labute approximate surface area is 130 Å². The minimum Gasteiger partial charge on any atom is -0.377 e. The van der Waals surface area contributed by atoms with Gasteiger partial charge in [0.05, 0.1) is 11.5 Å². The van der Waals surface area contributed by atoms with Gasteiger partial charge in [-0.2, -0.15) is 16.8 Å². The molecule has 0 aliphatic rings. The lowest BCUT2D eigenvalue weighted by molar-refractivity contribution is 0.451. The quantitative estimate of drug-likeness (QED) is 0.473. The van der Waals surface area contributed by atoms with Gasteiger partial charge in [-0.15, -0.1) is 11.3 Å². The number of unbranched alkanes of at least 4 members (excludes halogenated alkanes) is 3. The third-order valence-corrected chi connectivity index (χ3v) is 5.69. The fraction of sp³-hybridized carbons (Fsp3) is 0.667. The largest absolute Gasteiger partial charge is 0.377 e. The Morgan fingerprint density at radius 2 is 1.48 bits per heavy atom. The summed E-state index contributed by atoms with van der Waals surface area (Å²) in [4.78, 5) is 0. The first-order valence-electron chi connectivity index (χ1n) is 6.70. The molecule has 0 saturated heterocycles. The number of rotatable bonds is 10. The van der Waals surface area contributed by atoms with E-state index in [0.29, 0.717) is 6.42 Å². The van der Waals surface area contributed by atoms with E-state index in [1.807, 2.05) is 6.92 Å². The number of hydrogen-bond acceptors (Lipinski definition) is 7. The molecule has 122 valence electrons. The van der Waals surface area contributed by atoms with E-state index in [9.17, 15) is 16.8 Å². The summed E-state index contributed by atoms with van der Waals surface area (Å²) >= 11 is 1.11. The van der Waals surface area contributed by atoms with Crippen LogP contribution < -0.4 is 8.37 Å². The first kappa shape index (κ1) is 18.2. The van der Waals surface area contributed by atoms with E-state index in [1.54, 1.807) is 0 Å². The second kappa shape index (κ2) is 8.00. The van der Waals surface area contributed by atoms with Crippen molar-refractivity contribution in [2.45, 2.75) is 39.5 Å². The van der Waals surface area contributed by atoms with Crippen LogP contribution in [-0.2, 0) is 20.2 Å². The smallest absolute Gasteiger partial charge is 0.309 e. The zero-order valence-electron chi connectivity index (χ0n) is 12.1. The Hall–Kier alpha value is -0.800. The monoisotopic (exact) mass is 356 g/mol. The lowest BCUT2D eigenvalue weighted by atomic mass is 10.2. The van der Waals surface area contributed by atoms with Gasteiger partial charge in [0.15, 0.2) is 11.5 Å². The van der Waals surface area contributed by atoms with Crippen molar-refractivity contribution in [1.82, 2.24) is 0 Å². The van der Waals surface area contributed by atoms with Gasteiger partial charge in [-0.3, -0.25) is 0 Å². The molecule has 0 amide bonds. The van der Waals surface area contributed by atoms with Crippen LogP contribution in [-0.4, -0.2) is 28.3 Å². The van der Waals surface area contributed by atoms with Crippen LogP contribution in [0.2, 0.25) is 0 Å². The maximum absolute atomic E-state index is 11.8. The Bertz CT molecular complexity index is 630. The molecule has 6 nitrogen and oxygen atoms in total. The van der Waals surface area contributed by atoms with Crippen LogP contribution in [0, 0.1) is 0 Å². The maximum atomic E-state index is 11.8. The highest BCUT2D eigenvalue weighted by atomic mass is 32.2. The SMILES string of the molecule is CCCCCCS(=O)(=O)Oc1cscc1OS(=O)(=O)CC. The second-order valence-corrected chi connectivity index (χ2v) is 8.73. The Kier molecular flexibility index (Phi) is 6.95. The molecule has 0 aromatic carbocycles. The van der Waals surface area contributed by atoms with E-state index in [0.717, 1.165) is 30.6 Å². The van der Waals surface area contributed by atoms with E-state index in [1.165, 1.54) is 17.7 Å². The molecule has 1 rings (SSSR count). The molecule has 1 heterocycles. The van der Waals surface area contributed by atoms with Crippen molar-refractivity contribution >= 4 is 31.6 Å². The van der Waals surface area contributed by atoms with Crippen LogP contribution in [0.5, 0.6) is 11.5 Å². The van der Waals surface area contributed by atoms with Crippen LogP contribution in [0.1, 0.15) is 39.5 Å². The Balaban J connectivity index is 2.69. The summed E-state index contributed by atoms with van der Waals surface area (Å²) < 4.78 is 56.2. The molecule has 0 aliphatic heterocycles. The summed E-state index contributed by atoms with van der Waals surface area (Å²) in [6, 6.07) is 0. The van der Waals surface area contributed by atoms with Gasteiger partial charge in [0.2, 0.25) is 0 Å². The molecule has 0 unspecified atom stereocenters. The molecular weight excluding hydrogens is 336 g/mol. The lowest BCUT2D eigenvalue weighted by Gasteiger charge is -2.08. The van der Waals surface area contributed by atoms with E-state index in [2.05, 4.69) is 0 Å². The summed E-state index contributed by atoms with van der Waals surface area (Å²) in [6.45, 7) is 3.47. The minimum absolute atomic E-state index is 0.0764. The van der Waals surface area contributed by atoms with Crippen molar-refractivity contribution in [1.29, 1.82) is 0 Å². The Morgan fingerprint density at radius 3 is 2.00 bits per heavy atom. The van der Waals surface area contributed by atoms with Crippen molar-refractivity contribution in [2.24, 2.45) is 0 Å². The highest BCUT2D eigenvalue weighted by Gasteiger charge is 2.20. The third kappa shape index (κ3) is 6.66. The van der Waals surface area contributed by atoms with Gasteiger partial charge in [0, 0.05) is 10.8 Å². The summed E-state index contributed by atoms with van der Waals surface area (Å²) in [5.41, 5.74) is 0. The molecule has 0 saturated carbocycles. The van der Waals surface area contributed by atoms with Gasteiger partial charge >= 0.3 is 20.2 Å². The fourth-order valence-corrected chi connectivity index (χ4v) is 3.81. The van der Waals surface area contributed by atoms with Crippen molar-refractivity contribution in [3.8, 4) is 11.5 Å². The van der Waals surface area contributed by atoms with Crippen LogP contribution in [0.15, 0.2) is 10.8 Å². The molecular formula is C12H20O6S3. The predicted molar refractivity (Wildman–Crippen MR) is 83.0 cm³/mol. The first-order chi connectivity index (χ1) is 9.79. The Morgan fingerprint density at radius 1 is 0.905 bits per heavy atom. The van der Waals surface area contributed by atoms with Gasteiger partial charge in [-0.25, -0.2) is 0 Å². The van der Waals surface area contributed by atoms with Crippen molar-refractivity contribution in [2.75, 3.05) is 11.5 Å². The van der Waals surface area contributed by atoms with Crippen LogP contribution in [0.25, 0.3) is 0 Å². The molecule has 1 aromatic heterocycles. The zero-order chi connectivity index (χ0) is 15.9. The zero-order valence-corrected chi connectivity index (χ0v) is 14.5. The number of thiophene rings is 1. The van der Waals surface area contributed by atoms with Crippen molar-refractivity contribution in [3.63, 3.8) is 0 Å². The lowest BCUT2D eigenvalue weighted by Crippen LogP contribution is -2.15. The van der Waals surface area contributed by atoms with E-state index < -0.39 is 20.2 Å². The molecule has 0 spiro atoms. The van der Waals surface area contributed by atoms with E-state index in [-0.39, 0.29) is 23.0 Å². The van der Waals surface area contributed by atoms with Crippen LogP contribution in [0.3, 0.4) is 0 Å². The molecule has 0 radical (unpaired) electrons.